The summed E-state index contributed by atoms with van der Waals surface area (Å²) in [7, 11) is 1.52. The highest BCUT2D eigenvalue weighted by Crippen LogP contribution is 2.43. The summed E-state index contributed by atoms with van der Waals surface area (Å²) < 4.78 is 10.4. The number of allylic oxidation sites excluding steroid dienone is 2. The van der Waals surface area contributed by atoms with Crippen molar-refractivity contribution in [2.45, 2.75) is 26.2 Å². The van der Waals surface area contributed by atoms with Gasteiger partial charge in [0.2, 0.25) is 5.91 Å². The lowest BCUT2D eigenvalue weighted by molar-refractivity contribution is -0.140. The minimum atomic E-state index is -0.744. The Hall–Kier alpha value is -3.25. The normalized spacial score (nSPS) is 15.2. The molecule has 188 valence electrons. The van der Waals surface area contributed by atoms with Gasteiger partial charge in [0.15, 0.2) is 0 Å². The van der Waals surface area contributed by atoms with Crippen LogP contribution in [-0.2, 0) is 25.5 Å². The summed E-state index contributed by atoms with van der Waals surface area (Å²) in [6.07, 6.45) is 0.793. The molecule has 1 aliphatic heterocycles. The highest BCUT2D eigenvalue weighted by Gasteiger charge is 2.36. The molecule has 0 fully saturated rings. The molecule has 9 heteroatoms. The number of amides is 1. The first-order valence-corrected chi connectivity index (χ1v) is 12.8. The second kappa shape index (κ2) is 13.2. The summed E-state index contributed by atoms with van der Waals surface area (Å²) in [4.78, 5) is 25.8. The Morgan fingerprint density at radius 3 is 2.58 bits per heavy atom. The van der Waals surface area contributed by atoms with Gasteiger partial charge in [-0.25, -0.2) is 4.79 Å². The number of rotatable bonds is 10. The molecular weight excluding hydrogens is 498 g/mol. The zero-order valence-corrected chi connectivity index (χ0v) is 22.0. The molecule has 0 spiro atoms. The van der Waals surface area contributed by atoms with Gasteiger partial charge in [-0.3, -0.25) is 4.79 Å². The van der Waals surface area contributed by atoms with Crippen molar-refractivity contribution >= 4 is 40.9 Å². The lowest BCUT2D eigenvalue weighted by Crippen LogP contribution is -2.30. The number of hydrogen-bond acceptors (Lipinski definition) is 7. The first kappa shape index (κ1) is 27.3. The quantitative estimate of drug-likeness (QED) is 0.326. The van der Waals surface area contributed by atoms with Crippen molar-refractivity contribution in [1.29, 1.82) is 5.26 Å². The van der Waals surface area contributed by atoms with Crippen LogP contribution >= 0.6 is 23.4 Å². The van der Waals surface area contributed by atoms with Crippen LogP contribution in [0.2, 0.25) is 5.02 Å². The summed E-state index contributed by atoms with van der Waals surface area (Å²) in [5.41, 5.74) is 3.52. The average molecular weight is 526 g/mol. The smallest absolute Gasteiger partial charge is 0.336 e. The van der Waals surface area contributed by atoms with Crippen LogP contribution in [0.15, 0.2) is 70.4 Å². The molecule has 1 atom stereocenters. The van der Waals surface area contributed by atoms with Crippen molar-refractivity contribution in [2.24, 2.45) is 0 Å². The number of esters is 1. The summed E-state index contributed by atoms with van der Waals surface area (Å²) in [6.45, 7) is 4.09. The lowest BCUT2D eigenvalue weighted by atomic mass is 9.82. The van der Waals surface area contributed by atoms with E-state index in [0.717, 1.165) is 17.7 Å². The number of hydrogen-bond donors (Lipinski definition) is 2. The molecule has 0 radical (unpaired) electrons. The van der Waals surface area contributed by atoms with E-state index in [9.17, 15) is 14.9 Å². The Morgan fingerprint density at radius 1 is 1.17 bits per heavy atom. The fourth-order valence-corrected chi connectivity index (χ4v) is 5.02. The zero-order valence-electron chi connectivity index (χ0n) is 20.4. The third kappa shape index (κ3) is 6.49. The van der Waals surface area contributed by atoms with E-state index in [0.29, 0.717) is 32.5 Å². The maximum Gasteiger partial charge on any atom is 0.336 e. The highest BCUT2D eigenvalue weighted by atomic mass is 35.5. The van der Waals surface area contributed by atoms with Crippen LogP contribution in [0, 0.1) is 11.3 Å². The van der Waals surface area contributed by atoms with Crippen LogP contribution in [0.25, 0.3) is 0 Å². The molecule has 0 saturated carbocycles. The van der Waals surface area contributed by atoms with Crippen LogP contribution in [0.3, 0.4) is 0 Å². The van der Waals surface area contributed by atoms with Crippen molar-refractivity contribution in [1.82, 2.24) is 5.32 Å². The Kier molecular flexibility index (Phi) is 10.00. The third-order valence-corrected chi connectivity index (χ3v) is 6.99. The van der Waals surface area contributed by atoms with Gasteiger partial charge < -0.3 is 20.1 Å². The molecule has 2 aromatic rings. The van der Waals surface area contributed by atoms with Gasteiger partial charge in [-0.1, -0.05) is 66.7 Å². The highest BCUT2D eigenvalue weighted by molar-refractivity contribution is 8.03. The van der Waals surface area contributed by atoms with Gasteiger partial charge in [-0.05, 0) is 36.6 Å². The summed E-state index contributed by atoms with van der Waals surface area (Å²) >= 11 is 7.70. The number of methoxy groups -OCH3 is 1. The fraction of sp³-hybridized carbons (Fsp3) is 0.296. The topological polar surface area (TPSA) is 100 Å². The van der Waals surface area contributed by atoms with Crippen molar-refractivity contribution in [3.05, 3.63) is 86.6 Å². The van der Waals surface area contributed by atoms with Gasteiger partial charge in [0, 0.05) is 23.5 Å². The number of aryl methyl sites for hydroxylation is 1. The summed E-state index contributed by atoms with van der Waals surface area (Å²) in [5, 5.41) is 17.2. The Labute approximate surface area is 220 Å². The molecule has 0 bridgehead atoms. The Bertz CT molecular complexity index is 1240. The third-order valence-electron chi connectivity index (χ3n) is 5.62. The molecule has 0 aromatic heterocycles. The van der Waals surface area contributed by atoms with Crippen LogP contribution in [0.5, 0.6) is 0 Å². The Morgan fingerprint density at radius 2 is 1.89 bits per heavy atom. The maximum absolute atomic E-state index is 13.1. The van der Waals surface area contributed by atoms with E-state index in [1.54, 1.807) is 31.2 Å². The van der Waals surface area contributed by atoms with Gasteiger partial charge in [0.05, 0.1) is 40.5 Å². The van der Waals surface area contributed by atoms with Gasteiger partial charge in [-0.15, -0.1) is 0 Å². The van der Waals surface area contributed by atoms with Crippen LogP contribution in [0.1, 0.15) is 30.9 Å². The molecule has 1 amide bonds. The van der Waals surface area contributed by atoms with Crippen molar-refractivity contribution in [3.63, 3.8) is 0 Å². The molecule has 36 heavy (non-hydrogen) atoms. The first-order valence-electron chi connectivity index (χ1n) is 11.4. The molecule has 1 unspecified atom stereocenters. The van der Waals surface area contributed by atoms with E-state index < -0.39 is 11.9 Å². The number of anilines is 1. The number of nitrogens with one attached hydrogen (secondary N) is 2. The molecule has 3 rings (SSSR count). The zero-order chi connectivity index (χ0) is 26.1. The maximum atomic E-state index is 13.1. The van der Waals surface area contributed by atoms with Crippen molar-refractivity contribution in [2.75, 3.05) is 31.4 Å². The number of ether oxygens (including phenoxy) is 2. The van der Waals surface area contributed by atoms with E-state index in [-0.39, 0.29) is 24.9 Å². The number of benzene rings is 2. The second-order valence-corrected chi connectivity index (χ2v) is 9.34. The number of dihydropyridines is 1. The fourth-order valence-electron chi connectivity index (χ4n) is 3.89. The number of carbonyl (C=O) groups excluding carboxylic acids is 2. The number of carbonyl (C=O) groups is 2. The first-order chi connectivity index (χ1) is 17.4. The van der Waals surface area contributed by atoms with E-state index in [2.05, 4.69) is 16.7 Å². The molecular formula is C27H28ClN3O4S. The lowest BCUT2D eigenvalue weighted by Gasteiger charge is -2.29. The number of nitrogens with zero attached hydrogens (tertiary/aromatic N) is 1. The van der Waals surface area contributed by atoms with E-state index >= 15 is 0 Å². The van der Waals surface area contributed by atoms with Crippen LogP contribution < -0.4 is 10.6 Å². The van der Waals surface area contributed by atoms with Gasteiger partial charge in [0.1, 0.15) is 6.61 Å². The van der Waals surface area contributed by atoms with Gasteiger partial charge in [0.25, 0.3) is 0 Å². The molecule has 0 saturated heterocycles. The van der Waals surface area contributed by atoms with Crippen LogP contribution in [0.4, 0.5) is 5.69 Å². The Balaban J connectivity index is 1.90. The van der Waals surface area contributed by atoms with Gasteiger partial charge in [-0.2, -0.15) is 5.26 Å². The largest absolute Gasteiger partial charge is 0.460 e. The predicted molar refractivity (Wildman–Crippen MR) is 142 cm³/mol. The van der Waals surface area contributed by atoms with Crippen LogP contribution in [-0.4, -0.2) is 38.0 Å². The van der Waals surface area contributed by atoms with Crippen molar-refractivity contribution in [3.8, 4) is 6.07 Å². The molecule has 1 heterocycles. The standard InChI is InChI=1S/C27H28ClN3O4S/c1-4-18-9-5-8-12-22(18)31-23(32)16-36-26-20(15-29)25(19-10-6-7-11-21(19)28)24(17(2)30-26)27(33)35-14-13-34-3/h5-12,25,30H,4,13-14,16H2,1-3H3,(H,31,32). The molecule has 1 aliphatic rings. The van der Waals surface area contributed by atoms with E-state index in [1.807, 2.05) is 31.2 Å². The summed E-state index contributed by atoms with van der Waals surface area (Å²) in [6, 6.07) is 16.9. The molecule has 0 aliphatic carbocycles. The predicted octanol–water partition coefficient (Wildman–Crippen LogP) is 5.16. The minimum Gasteiger partial charge on any atom is -0.460 e. The van der Waals surface area contributed by atoms with Crippen molar-refractivity contribution < 1.29 is 19.1 Å². The molecule has 2 N–H and O–H groups in total. The van der Waals surface area contributed by atoms with E-state index in [4.69, 9.17) is 21.1 Å². The number of nitriles is 1. The van der Waals surface area contributed by atoms with Gasteiger partial charge >= 0.3 is 5.97 Å². The summed E-state index contributed by atoms with van der Waals surface area (Å²) in [5.74, 6) is -1.44. The monoisotopic (exact) mass is 525 g/mol. The SMILES string of the molecule is CCc1ccccc1NC(=O)CSC1=C(C#N)C(c2ccccc2Cl)C(C(=O)OCCOC)=C(C)N1. The number of halogens is 1. The number of thioether (sulfide) groups is 1. The minimum absolute atomic E-state index is 0.0711. The molecule has 7 nitrogen and oxygen atoms in total. The molecule has 2 aromatic carbocycles. The van der Waals surface area contributed by atoms with E-state index in [1.165, 1.54) is 18.9 Å². The average Bonchev–Trinajstić information content (AvgIpc) is 2.87. The number of para-hydroxylation sites is 1. The second-order valence-electron chi connectivity index (χ2n) is 7.95.